The highest BCUT2D eigenvalue weighted by molar-refractivity contribution is 9.10. The molecule has 0 aliphatic heterocycles. The van der Waals surface area contributed by atoms with Crippen molar-refractivity contribution in [2.24, 2.45) is 7.05 Å². The Balaban J connectivity index is 2.76. The third kappa shape index (κ3) is 2.57. The fraction of sp³-hybridized carbons (Fsp3) is 0.154. The van der Waals surface area contributed by atoms with Crippen molar-refractivity contribution in [3.05, 3.63) is 44.7 Å². The molecule has 0 spiro atoms. The zero-order chi connectivity index (χ0) is 14.0. The molecule has 6 heteroatoms. The van der Waals surface area contributed by atoms with Gasteiger partial charge in [-0.3, -0.25) is 9.36 Å². The molecule has 0 saturated heterocycles. The zero-order valence-electron chi connectivity index (χ0n) is 10.3. The lowest BCUT2D eigenvalue weighted by Crippen LogP contribution is -2.23. The summed E-state index contributed by atoms with van der Waals surface area (Å²) < 4.78 is 2.33. The van der Waals surface area contributed by atoms with Gasteiger partial charge in [0.15, 0.2) is 5.16 Å². The minimum absolute atomic E-state index is 0.0719. The Morgan fingerprint density at radius 3 is 2.53 bits per heavy atom. The van der Waals surface area contributed by atoms with E-state index in [2.05, 4.69) is 20.9 Å². The predicted molar refractivity (Wildman–Crippen MR) is 79.1 cm³/mol. The molecule has 2 aromatic rings. The van der Waals surface area contributed by atoms with Gasteiger partial charge in [-0.15, -0.1) is 0 Å². The van der Waals surface area contributed by atoms with Crippen molar-refractivity contribution in [3.8, 4) is 17.3 Å². The van der Waals surface area contributed by atoms with Crippen molar-refractivity contribution in [2.75, 3.05) is 6.26 Å². The molecular formula is C13H10BrN3OS. The fourth-order valence-electron chi connectivity index (χ4n) is 1.68. The molecule has 2 rings (SSSR count). The van der Waals surface area contributed by atoms with Crippen molar-refractivity contribution in [1.29, 1.82) is 5.26 Å². The predicted octanol–water partition coefficient (Wildman–Crippen LogP) is 2.80. The molecular weight excluding hydrogens is 326 g/mol. The summed E-state index contributed by atoms with van der Waals surface area (Å²) in [6, 6.07) is 9.32. The Hall–Kier alpha value is -1.58. The number of benzene rings is 1. The molecule has 0 saturated carbocycles. The SMILES string of the molecule is CSc1nc(-c2ccc(Br)cc2)c(C#N)c(=O)n1C. The molecule has 0 radical (unpaired) electrons. The van der Waals surface area contributed by atoms with Gasteiger partial charge in [0.1, 0.15) is 11.6 Å². The zero-order valence-corrected chi connectivity index (χ0v) is 12.7. The van der Waals surface area contributed by atoms with Crippen LogP contribution in [0.15, 0.2) is 38.7 Å². The van der Waals surface area contributed by atoms with Crippen molar-refractivity contribution in [2.45, 2.75) is 5.16 Å². The van der Waals surface area contributed by atoms with E-state index in [1.165, 1.54) is 16.3 Å². The van der Waals surface area contributed by atoms with Crippen LogP contribution in [-0.4, -0.2) is 15.8 Å². The minimum atomic E-state index is -0.320. The lowest BCUT2D eigenvalue weighted by molar-refractivity contribution is 0.709. The van der Waals surface area contributed by atoms with Gasteiger partial charge in [-0.2, -0.15) is 5.26 Å². The number of halogens is 1. The van der Waals surface area contributed by atoms with Crippen LogP contribution in [0.2, 0.25) is 0 Å². The first-order valence-electron chi connectivity index (χ1n) is 5.39. The molecule has 0 atom stereocenters. The number of hydrogen-bond acceptors (Lipinski definition) is 4. The first-order chi connectivity index (χ1) is 9.08. The number of hydrogen-bond donors (Lipinski definition) is 0. The van der Waals surface area contributed by atoms with E-state index in [9.17, 15) is 10.1 Å². The average Bonchev–Trinajstić information content (AvgIpc) is 2.42. The van der Waals surface area contributed by atoms with Crippen LogP contribution in [0.4, 0.5) is 0 Å². The van der Waals surface area contributed by atoms with Gasteiger partial charge in [-0.1, -0.05) is 39.8 Å². The van der Waals surface area contributed by atoms with Crippen LogP contribution >= 0.6 is 27.7 Å². The third-order valence-electron chi connectivity index (χ3n) is 2.66. The second kappa shape index (κ2) is 5.59. The molecule has 96 valence electrons. The highest BCUT2D eigenvalue weighted by Gasteiger charge is 2.15. The Kier molecular flexibility index (Phi) is 4.08. The van der Waals surface area contributed by atoms with Crippen LogP contribution in [0.1, 0.15) is 5.56 Å². The van der Waals surface area contributed by atoms with Crippen LogP contribution in [0.3, 0.4) is 0 Å². The number of aromatic nitrogens is 2. The topological polar surface area (TPSA) is 58.7 Å². The number of thioether (sulfide) groups is 1. The maximum Gasteiger partial charge on any atom is 0.272 e. The second-order valence-corrected chi connectivity index (χ2v) is 5.49. The van der Waals surface area contributed by atoms with E-state index in [1.54, 1.807) is 7.05 Å². The van der Waals surface area contributed by atoms with Crippen LogP contribution in [0.5, 0.6) is 0 Å². The maximum absolute atomic E-state index is 12.1. The van der Waals surface area contributed by atoms with E-state index in [-0.39, 0.29) is 11.1 Å². The summed E-state index contributed by atoms with van der Waals surface area (Å²) >= 11 is 4.73. The molecule has 0 aliphatic carbocycles. The van der Waals surface area contributed by atoms with Crippen molar-refractivity contribution in [3.63, 3.8) is 0 Å². The normalized spacial score (nSPS) is 10.2. The summed E-state index contributed by atoms with van der Waals surface area (Å²) in [5.41, 5.74) is 0.942. The van der Waals surface area contributed by atoms with Crippen LogP contribution in [0.25, 0.3) is 11.3 Å². The van der Waals surface area contributed by atoms with E-state index in [0.29, 0.717) is 10.9 Å². The summed E-state index contributed by atoms with van der Waals surface area (Å²) in [7, 11) is 1.62. The molecule has 0 bridgehead atoms. The van der Waals surface area contributed by atoms with Crippen molar-refractivity contribution in [1.82, 2.24) is 9.55 Å². The molecule has 1 aromatic heterocycles. The van der Waals surface area contributed by atoms with Gasteiger partial charge in [-0.05, 0) is 18.4 Å². The van der Waals surface area contributed by atoms with Crippen molar-refractivity contribution < 1.29 is 0 Å². The van der Waals surface area contributed by atoms with Crippen LogP contribution < -0.4 is 5.56 Å². The summed E-state index contributed by atoms with van der Waals surface area (Å²) in [6.45, 7) is 0. The molecule has 0 amide bonds. The van der Waals surface area contributed by atoms with Gasteiger partial charge < -0.3 is 0 Å². The molecule has 0 N–H and O–H groups in total. The van der Waals surface area contributed by atoms with Crippen LogP contribution in [0, 0.1) is 11.3 Å². The molecule has 19 heavy (non-hydrogen) atoms. The molecule has 0 aliphatic rings. The van der Waals surface area contributed by atoms with Gasteiger partial charge >= 0.3 is 0 Å². The van der Waals surface area contributed by atoms with Crippen molar-refractivity contribution >= 4 is 27.7 Å². The highest BCUT2D eigenvalue weighted by atomic mass is 79.9. The smallest absolute Gasteiger partial charge is 0.272 e. The summed E-state index contributed by atoms with van der Waals surface area (Å²) in [5, 5.41) is 9.77. The Morgan fingerprint density at radius 1 is 1.37 bits per heavy atom. The minimum Gasteiger partial charge on any atom is -0.290 e. The van der Waals surface area contributed by atoms with E-state index >= 15 is 0 Å². The van der Waals surface area contributed by atoms with Gasteiger partial charge in [0.05, 0.1) is 5.69 Å². The highest BCUT2D eigenvalue weighted by Crippen LogP contribution is 2.23. The lowest BCUT2D eigenvalue weighted by atomic mass is 10.1. The van der Waals surface area contributed by atoms with E-state index in [4.69, 9.17) is 0 Å². The Bertz CT molecular complexity index is 716. The summed E-state index contributed by atoms with van der Waals surface area (Å²) in [4.78, 5) is 16.5. The fourth-order valence-corrected chi connectivity index (χ4v) is 2.49. The quantitative estimate of drug-likeness (QED) is 0.625. The van der Waals surface area contributed by atoms with E-state index in [1.807, 2.05) is 36.6 Å². The second-order valence-electron chi connectivity index (χ2n) is 3.80. The van der Waals surface area contributed by atoms with E-state index in [0.717, 1.165) is 10.0 Å². The molecule has 4 nitrogen and oxygen atoms in total. The maximum atomic E-state index is 12.1. The van der Waals surface area contributed by atoms with Gasteiger partial charge in [0, 0.05) is 17.1 Å². The van der Waals surface area contributed by atoms with Gasteiger partial charge in [-0.25, -0.2) is 4.98 Å². The third-order valence-corrected chi connectivity index (χ3v) is 3.92. The summed E-state index contributed by atoms with van der Waals surface area (Å²) in [6.07, 6.45) is 1.85. The van der Waals surface area contributed by atoms with Crippen LogP contribution in [-0.2, 0) is 7.05 Å². The number of nitrogens with zero attached hydrogens (tertiary/aromatic N) is 3. The number of nitriles is 1. The average molecular weight is 336 g/mol. The Morgan fingerprint density at radius 2 is 2.00 bits per heavy atom. The van der Waals surface area contributed by atoms with E-state index < -0.39 is 0 Å². The van der Waals surface area contributed by atoms with Gasteiger partial charge in [0.25, 0.3) is 5.56 Å². The molecule has 0 unspecified atom stereocenters. The summed E-state index contributed by atoms with van der Waals surface area (Å²) in [5.74, 6) is 0. The molecule has 1 aromatic carbocycles. The first-order valence-corrected chi connectivity index (χ1v) is 7.41. The standard InChI is InChI=1S/C13H10BrN3OS/c1-17-12(18)10(7-15)11(16-13(17)19-2)8-3-5-9(14)6-4-8/h3-6H,1-2H3. The van der Waals surface area contributed by atoms with Gasteiger partial charge in [0.2, 0.25) is 0 Å². The lowest BCUT2D eigenvalue weighted by Gasteiger charge is -2.09. The first kappa shape index (κ1) is 13.8. The number of rotatable bonds is 2. The monoisotopic (exact) mass is 335 g/mol. The Labute approximate surface area is 123 Å². The largest absolute Gasteiger partial charge is 0.290 e. The molecule has 1 heterocycles. The molecule has 0 fully saturated rings.